The van der Waals surface area contributed by atoms with Crippen molar-refractivity contribution in [1.82, 2.24) is 39.9 Å². The molecule has 4 aromatic heterocycles. The van der Waals surface area contributed by atoms with Crippen molar-refractivity contribution in [2.24, 2.45) is 0 Å². The summed E-state index contributed by atoms with van der Waals surface area (Å²) in [5.74, 6) is 3.72. The minimum Gasteiger partial charge on any atom is -0.347 e. The van der Waals surface area contributed by atoms with Gasteiger partial charge in [-0.25, -0.2) is 19.9 Å². The van der Waals surface area contributed by atoms with E-state index in [1.807, 2.05) is 47.0 Å². The van der Waals surface area contributed by atoms with E-state index in [0.717, 1.165) is 101 Å². The maximum absolute atomic E-state index is 8.26. The molecule has 0 spiro atoms. The third-order valence-electron chi connectivity index (χ3n) is 7.88. The van der Waals surface area contributed by atoms with Crippen LogP contribution in [0.3, 0.4) is 0 Å². The van der Waals surface area contributed by atoms with Crippen molar-refractivity contribution >= 4 is 0 Å². The Hall–Kier alpha value is -0.797. The van der Waals surface area contributed by atoms with Gasteiger partial charge in [0.25, 0.3) is 0 Å². The maximum Gasteiger partial charge on any atom is 1.00 e. The molecule has 48 heavy (non-hydrogen) atoms. The van der Waals surface area contributed by atoms with Crippen LogP contribution < -0.4 is 103 Å². The molecule has 1 aromatic carbocycles. The van der Waals surface area contributed by atoms with Crippen LogP contribution in [-0.4, -0.2) is 39.9 Å². The van der Waals surface area contributed by atoms with E-state index >= 15 is 0 Å². The van der Waals surface area contributed by atoms with Gasteiger partial charge in [0.1, 0.15) is 23.3 Å². The van der Waals surface area contributed by atoms with Gasteiger partial charge in [0.15, 0.2) is 0 Å². The van der Waals surface area contributed by atoms with Crippen molar-refractivity contribution in [2.45, 2.75) is 120 Å². The molecular formula is C38H56K2N8. The van der Waals surface area contributed by atoms with Gasteiger partial charge in [-0.1, -0.05) is 98.3 Å². The third kappa shape index (κ3) is 11.6. The minimum atomic E-state index is -0.555. The Morgan fingerprint density at radius 1 is 0.708 bits per heavy atom. The summed E-state index contributed by atoms with van der Waals surface area (Å²) in [7, 11) is 0. The molecule has 0 aliphatic carbocycles. The number of aromatic amines is 4. The quantitative estimate of drug-likeness (QED) is 0.111. The summed E-state index contributed by atoms with van der Waals surface area (Å²) in [4.78, 5) is 31.3. The molecule has 2 unspecified atom stereocenters. The Morgan fingerprint density at radius 2 is 1.23 bits per heavy atom. The second-order valence-corrected chi connectivity index (χ2v) is 11.1. The largest absolute Gasteiger partial charge is 1.00 e. The van der Waals surface area contributed by atoms with Gasteiger partial charge < -0.3 is 26.4 Å². The zero-order valence-corrected chi connectivity index (χ0v) is 37.9. The molecule has 0 saturated carbocycles. The van der Waals surface area contributed by atoms with Gasteiger partial charge in [0.05, 0.1) is 25.2 Å². The number of benzene rings is 1. The topological polar surface area (TPSA) is 115 Å². The predicted octanol–water partition coefficient (Wildman–Crippen LogP) is 3.33. The first-order valence-electron chi connectivity index (χ1n) is 18.2. The molecule has 0 saturated heterocycles. The number of imidazole rings is 4. The van der Waals surface area contributed by atoms with Crippen LogP contribution in [0.15, 0.2) is 36.8 Å². The van der Waals surface area contributed by atoms with E-state index in [1.54, 1.807) is 0 Å². The molecule has 0 aliphatic heterocycles. The molecule has 0 bridgehead atoms. The minimum absolute atomic E-state index is 0. The Bertz CT molecular complexity index is 1640. The summed E-state index contributed by atoms with van der Waals surface area (Å²) in [6, 6.07) is 6.60. The van der Waals surface area contributed by atoms with Gasteiger partial charge in [-0.15, -0.1) is 0 Å². The van der Waals surface area contributed by atoms with E-state index in [0.29, 0.717) is 0 Å². The van der Waals surface area contributed by atoms with Crippen LogP contribution >= 0.6 is 0 Å². The number of hydrogen-bond donors (Lipinski definition) is 4. The first-order chi connectivity index (χ1) is 23.1. The van der Waals surface area contributed by atoms with Gasteiger partial charge in [-0.3, -0.25) is 0 Å². The summed E-state index contributed by atoms with van der Waals surface area (Å²) in [6.07, 6.45) is 13.3. The summed E-state index contributed by atoms with van der Waals surface area (Å²) in [6.45, 7) is 20.4. The molecule has 4 heterocycles. The smallest absolute Gasteiger partial charge is 0.347 e. The van der Waals surface area contributed by atoms with Crippen molar-refractivity contribution in [3.8, 4) is 22.5 Å². The SMILES string of the molecule is CC.CC[CH-]c1cc(-c2cnc(CC)[nH]2)cc(-c2cnc(CC)[nH]2)c1.[2H]c1nc(CC)[nH]c1C(C)([CH-]CC)c1nc(CC)[nH]c1C([2H])C.[K+].[K+]. The standard InChI is InChI=1S/C19H23N4.C17H27N4.C2H6.2K/c1-4-7-13-8-14(16-11-20-18(5-2)22-16)10-15(9-13)17-12-21-19(6-3)23-17;1-6-10-17(5,13-11-18-14(8-3)20-13)16-12(7-2)19-15(9-4)21-16;1-2;;/h7-12H,4-6H2,1-3H3,(H,20,22)(H,21,23);10-11H,6-9H2,1-5H3,(H,18,20)(H,19,21);1-2H3;;/q2*-1;;2*+1/i;7D,11D;;;. The third-order valence-corrected chi connectivity index (χ3v) is 7.88. The van der Waals surface area contributed by atoms with Crippen molar-refractivity contribution in [1.29, 1.82) is 0 Å². The molecule has 0 amide bonds. The molecule has 10 heteroatoms. The molecule has 5 aromatic rings. The number of H-pyrrole nitrogens is 4. The zero-order chi connectivity index (χ0) is 35.4. The van der Waals surface area contributed by atoms with Gasteiger partial charge in [0, 0.05) is 50.3 Å². The van der Waals surface area contributed by atoms with Gasteiger partial charge in [-0.05, 0) is 6.40 Å². The van der Waals surface area contributed by atoms with Crippen LogP contribution in [0.4, 0.5) is 0 Å². The fourth-order valence-electron chi connectivity index (χ4n) is 5.37. The summed E-state index contributed by atoms with van der Waals surface area (Å²) < 4.78 is 16.4. The Morgan fingerprint density at radius 3 is 1.65 bits per heavy atom. The number of aryl methyl sites for hydroxylation is 5. The molecule has 250 valence electrons. The van der Waals surface area contributed by atoms with E-state index in [9.17, 15) is 0 Å². The molecular weight excluding hydrogens is 647 g/mol. The van der Waals surface area contributed by atoms with E-state index in [4.69, 9.17) is 7.73 Å². The second kappa shape index (κ2) is 22.9. The fraction of sp³-hybridized carbons (Fsp3) is 0.474. The number of rotatable bonds is 13. The second-order valence-electron chi connectivity index (χ2n) is 11.1. The average Bonchev–Trinajstić information content (AvgIpc) is 3.92. The molecule has 8 nitrogen and oxygen atoms in total. The van der Waals surface area contributed by atoms with E-state index in [-0.39, 0.29) is 109 Å². The first kappa shape index (κ1) is 41.6. The number of nitrogens with zero attached hydrogens (tertiary/aromatic N) is 4. The Labute approximate surface area is 377 Å². The monoisotopic (exact) mass is 704 g/mol. The average molecular weight is 705 g/mol. The van der Waals surface area contributed by atoms with Crippen LogP contribution in [0, 0.1) is 12.8 Å². The predicted molar refractivity (Wildman–Crippen MR) is 192 cm³/mol. The van der Waals surface area contributed by atoms with Crippen molar-refractivity contribution in [3.63, 3.8) is 0 Å². The normalized spacial score (nSPS) is 12.9. The molecule has 4 N–H and O–H groups in total. The molecule has 0 aliphatic rings. The zero-order valence-electron chi connectivity index (χ0n) is 33.7. The number of hydrogen-bond acceptors (Lipinski definition) is 4. The molecule has 2 atom stereocenters. The van der Waals surface area contributed by atoms with Crippen molar-refractivity contribution in [3.05, 3.63) is 95.6 Å². The van der Waals surface area contributed by atoms with Crippen LogP contribution in [0.25, 0.3) is 22.5 Å². The van der Waals surface area contributed by atoms with E-state index < -0.39 is 11.8 Å². The van der Waals surface area contributed by atoms with Gasteiger partial charge in [0.2, 0.25) is 0 Å². The van der Waals surface area contributed by atoms with Gasteiger partial charge in [-0.2, -0.15) is 30.5 Å². The Kier molecular flexibility index (Phi) is 19.9. The number of nitrogens with one attached hydrogen (secondary N) is 4. The van der Waals surface area contributed by atoms with E-state index in [1.165, 1.54) is 5.56 Å². The summed E-state index contributed by atoms with van der Waals surface area (Å²) in [5.41, 5.74) is 7.51. The van der Waals surface area contributed by atoms with Gasteiger partial charge >= 0.3 is 103 Å². The van der Waals surface area contributed by atoms with Crippen LogP contribution in [0.2, 0.25) is 0 Å². The number of aromatic nitrogens is 8. The maximum atomic E-state index is 8.26. The first-order valence-corrected chi connectivity index (χ1v) is 17.1. The molecule has 0 radical (unpaired) electrons. The van der Waals surface area contributed by atoms with Crippen LogP contribution in [0.5, 0.6) is 0 Å². The molecule has 0 fully saturated rings. The van der Waals surface area contributed by atoms with Crippen LogP contribution in [0.1, 0.15) is 131 Å². The summed E-state index contributed by atoms with van der Waals surface area (Å²) in [5, 5.41) is 0. The molecule has 5 rings (SSSR count). The summed E-state index contributed by atoms with van der Waals surface area (Å²) >= 11 is 0. The van der Waals surface area contributed by atoms with Crippen molar-refractivity contribution < 1.29 is 106 Å². The van der Waals surface area contributed by atoms with E-state index in [2.05, 4.69) is 101 Å². The Balaban J connectivity index is 0.000000459. The fourth-order valence-corrected chi connectivity index (χ4v) is 5.37. The van der Waals surface area contributed by atoms with Crippen LogP contribution in [-0.2, 0) is 37.5 Å². The van der Waals surface area contributed by atoms with Crippen molar-refractivity contribution in [2.75, 3.05) is 0 Å².